The molecule has 0 unspecified atom stereocenters. The Balaban J connectivity index is 2.59. The van der Waals surface area contributed by atoms with E-state index in [2.05, 4.69) is 21.0 Å². The van der Waals surface area contributed by atoms with E-state index in [1.807, 2.05) is 0 Å². The number of halogens is 2. The molecular formula is C13H12BrFN2O2. The maximum absolute atomic E-state index is 13.9. The highest BCUT2D eigenvalue weighted by Crippen LogP contribution is 2.30. The van der Waals surface area contributed by atoms with Crippen LogP contribution in [0.15, 0.2) is 22.7 Å². The van der Waals surface area contributed by atoms with Crippen LogP contribution in [0.5, 0.6) is 0 Å². The third-order valence-electron chi connectivity index (χ3n) is 2.88. The Hall–Kier alpha value is -1.69. The van der Waals surface area contributed by atoms with Crippen LogP contribution < -0.4 is 0 Å². The van der Waals surface area contributed by atoms with Crippen molar-refractivity contribution in [3.05, 3.63) is 39.7 Å². The van der Waals surface area contributed by atoms with Crippen LogP contribution in [0.25, 0.3) is 11.3 Å². The number of benzene rings is 1. The highest BCUT2D eigenvalue weighted by atomic mass is 79.9. The Morgan fingerprint density at radius 1 is 1.53 bits per heavy atom. The van der Waals surface area contributed by atoms with E-state index in [1.165, 1.54) is 10.7 Å². The van der Waals surface area contributed by atoms with Crippen LogP contribution in [0.3, 0.4) is 0 Å². The SMILES string of the molecule is Cc1c(CC(=O)O)nn(C)c1-c1cc(Br)ccc1F. The summed E-state index contributed by atoms with van der Waals surface area (Å²) in [5.41, 5.74) is 2.12. The standard InChI is InChI=1S/C13H12BrFN2O2/c1-7-11(6-12(18)19)16-17(2)13(7)9-5-8(14)3-4-10(9)15/h3-5H,6H2,1-2H3,(H,18,19). The molecule has 0 atom stereocenters. The molecule has 2 rings (SSSR count). The van der Waals surface area contributed by atoms with Gasteiger partial charge in [-0.3, -0.25) is 9.48 Å². The molecular weight excluding hydrogens is 315 g/mol. The zero-order chi connectivity index (χ0) is 14.2. The molecule has 100 valence electrons. The lowest BCUT2D eigenvalue weighted by Crippen LogP contribution is -2.02. The van der Waals surface area contributed by atoms with Crippen molar-refractivity contribution in [1.29, 1.82) is 0 Å². The predicted octanol–water partition coefficient (Wildman–Crippen LogP) is 2.92. The van der Waals surface area contributed by atoms with E-state index in [-0.39, 0.29) is 12.2 Å². The number of carbonyl (C=O) groups is 1. The van der Waals surface area contributed by atoms with Crippen molar-refractivity contribution in [1.82, 2.24) is 9.78 Å². The highest BCUT2D eigenvalue weighted by molar-refractivity contribution is 9.10. The van der Waals surface area contributed by atoms with E-state index in [4.69, 9.17) is 5.11 Å². The molecule has 0 aliphatic heterocycles. The van der Waals surface area contributed by atoms with Gasteiger partial charge in [0.15, 0.2) is 0 Å². The molecule has 0 aliphatic rings. The fourth-order valence-corrected chi connectivity index (χ4v) is 2.41. The largest absolute Gasteiger partial charge is 0.481 e. The van der Waals surface area contributed by atoms with Gasteiger partial charge in [-0.2, -0.15) is 5.10 Å². The molecule has 1 N–H and O–H groups in total. The number of carboxylic acid groups (broad SMARTS) is 1. The minimum absolute atomic E-state index is 0.171. The van der Waals surface area contributed by atoms with E-state index < -0.39 is 5.97 Å². The molecule has 0 fully saturated rings. The summed E-state index contributed by atoms with van der Waals surface area (Å²) in [6.07, 6.45) is -0.171. The Labute approximate surface area is 118 Å². The van der Waals surface area contributed by atoms with Crippen LogP contribution >= 0.6 is 15.9 Å². The van der Waals surface area contributed by atoms with Gasteiger partial charge in [0.05, 0.1) is 17.8 Å². The van der Waals surface area contributed by atoms with Crippen molar-refractivity contribution in [2.45, 2.75) is 13.3 Å². The average molecular weight is 327 g/mol. The Morgan fingerprint density at radius 3 is 2.84 bits per heavy atom. The van der Waals surface area contributed by atoms with Gasteiger partial charge in [0, 0.05) is 17.1 Å². The molecule has 1 aromatic heterocycles. The minimum Gasteiger partial charge on any atom is -0.481 e. The number of aryl methyl sites for hydroxylation is 1. The first-order chi connectivity index (χ1) is 8.90. The van der Waals surface area contributed by atoms with Gasteiger partial charge in [-0.05, 0) is 30.7 Å². The van der Waals surface area contributed by atoms with Crippen LogP contribution in [-0.2, 0) is 18.3 Å². The van der Waals surface area contributed by atoms with Crippen LogP contribution in [-0.4, -0.2) is 20.9 Å². The van der Waals surface area contributed by atoms with Crippen LogP contribution in [0.1, 0.15) is 11.3 Å². The first-order valence-corrected chi connectivity index (χ1v) is 6.39. The van der Waals surface area contributed by atoms with Gasteiger partial charge in [-0.25, -0.2) is 4.39 Å². The molecule has 4 nitrogen and oxygen atoms in total. The Morgan fingerprint density at radius 2 is 2.21 bits per heavy atom. The molecule has 1 aromatic carbocycles. The van der Waals surface area contributed by atoms with Gasteiger partial charge >= 0.3 is 5.97 Å². The molecule has 0 bridgehead atoms. The second-order valence-corrected chi connectivity index (χ2v) is 5.15. The van der Waals surface area contributed by atoms with E-state index >= 15 is 0 Å². The Bertz CT molecular complexity index is 652. The predicted molar refractivity (Wildman–Crippen MR) is 72.4 cm³/mol. The normalized spacial score (nSPS) is 10.7. The summed E-state index contributed by atoms with van der Waals surface area (Å²) in [6, 6.07) is 4.63. The monoisotopic (exact) mass is 326 g/mol. The second-order valence-electron chi connectivity index (χ2n) is 4.24. The third kappa shape index (κ3) is 2.68. The molecule has 0 radical (unpaired) electrons. The van der Waals surface area contributed by atoms with Gasteiger partial charge in [0.2, 0.25) is 0 Å². The van der Waals surface area contributed by atoms with Gasteiger partial charge < -0.3 is 5.11 Å². The lowest BCUT2D eigenvalue weighted by Gasteiger charge is -2.06. The number of aliphatic carboxylic acids is 1. The molecule has 0 amide bonds. The smallest absolute Gasteiger partial charge is 0.309 e. The van der Waals surface area contributed by atoms with Gasteiger partial charge in [0.25, 0.3) is 0 Å². The maximum atomic E-state index is 13.9. The van der Waals surface area contributed by atoms with Crippen molar-refractivity contribution in [3.63, 3.8) is 0 Å². The number of rotatable bonds is 3. The lowest BCUT2D eigenvalue weighted by atomic mass is 10.1. The summed E-state index contributed by atoms with van der Waals surface area (Å²) >= 11 is 3.30. The minimum atomic E-state index is -0.956. The quantitative estimate of drug-likeness (QED) is 0.943. The van der Waals surface area contributed by atoms with Crippen LogP contribution in [0.4, 0.5) is 4.39 Å². The summed E-state index contributed by atoms with van der Waals surface area (Å²) < 4.78 is 16.2. The van der Waals surface area contributed by atoms with E-state index in [9.17, 15) is 9.18 Å². The maximum Gasteiger partial charge on any atom is 0.309 e. The third-order valence-corrected chi connectivity index (χ3v) is 3.38. The fraction of sp³-hybridized carbons (Fsp3) is 0.231. The summed E-state index contributed by atoms with van der Waals surface area (Å²) in [6.45, 7) is 1.75. The molecule has 6 heteroatoms. The molecule has 0 aliphatic carbocycles. The zero-order valence-electron chi connectivity index (χ0n) is 10.4. The van der Waals surface area contributed by atoms with Crippen molar-refractivity contribution in [2.75, 3.05) is 0 Å². The zero-order valence-corrected chi connectivity index (χ0v) is 12.0. The van der Waals surface area contributed by atoms with Crippen LogP contribution in [0.2, 0.25) is 0 Å². The lowest BCUT2D eigenvalue weighted by molar-refractivity contribution is -0.136. The number of aromatic nitrogens is 2. The first-order valence-electron chi connectivity index (χ1n) is 5.60. The van der Waals surface area contributed by atoms with Gasteiger partial charge in [-0.1, -0.05) is 15.9 Å². The summed E-state index contributed by atoms with van der Waals surface area (Å²) in [7, 11) is 1.67. The fourth-order valence-electron chi connectivity index (χ4n) is 2.05. The molecule has 19 heavy (non-hydrogen) atoms. The Kier molecular flexibility index (Phi) is 3.71. The summed E-state index contributed by atoms with van der Waals surface area (Å²) in [4.78, 5) is 10.8. The average Bonchev–Trinajstić information content (AvgIpc) is 2.57. The summed E-state index contributed by atoms with van der Waals surface area (Å²) in [5, 5.41) is 13.0. The molecule has 2 aromatic rings. The molecule has 0 saturated heterocycles. The number of nitrogens with zero attached hydrogens (tertiary/aromatic N) is 2. The van der Waals surface area contributed by atoms with E-state index in [0.717, 1.165) is 4.47 Å². The van der Waals surface area contributed by atoms with E-state index in [0.29, 0.717) is 22.5 Å². The summed E-state index contributed by atoms with van der Waals surface area (Å²) in [5.74, 6) is -1.32. The van der Waals surface area contributed by atoms with Crippen molar-refractivity contribution in [2.24, 2.45) is 7.05 Å². The number of hydrogen-bond donors (Lipinski definition) is 1. The molecule has 0 spiro atoms. The van der Waals surface area contributed by atoms with E-state index in [1.54, 1.807) is 26.1 Å². The number of carboxylic acids is 1. The number of hydrogen-bond acceptors (Lipinski definition) is 2. The first kappa shape index (κ1) is 13.7. The van der Waals surface area contributed by atoms with Crippen molar-refractivity contribution >= 4 is 21.9 Å². The highest BCUT2D eigenvalue weighted by Gasteiger charge is 2.18. The van der Waals surface area contributed by atoms with Gasteiger partial charge in [-0.15, -0.1) is 0 Å². The van der Waals surface area contributed by atoms with Crippen LogP contribution in [0, 0.1) is 12.7 Å². The van der Waals surface area contributed by atoms with Gasteiger partial charge in [0.1, 0.15) is 5.82 Å². The molecule has 1 heterocycles. The van der Waals surface area contributed by atoms with Crippen molar-refractivity contribution in [3.8, 4) is 11.3 Å². The van der Waals surface area contributed by atoms with Crippen molar-refractivity contribution < 1.29 is 14.3 Å². The topological polar surface area (TPSA) is 55.1 Å². The molecule has 0 saturated carbocycles. The second kappa shape index (κ2) is 5.13.